The summed E-state index contributed by atoms with van der Waals surface area (Å²) in [6, 6.07) is 11.7. The highest BCUT2D eigenvalue weighted by Gasteiger charge is 2.05. The molecule has 98 valence electrons. The molecule has 0 radical (unpaired) electrons. The number of halogens is 1. The molecule has 2 rings (SSSR count). The molecule has 2 aromatic carbocycles. The van der Waals surface area contributed by atoms with Gasteiger partial charge in [-0.05, 0) is 35.9 Å². The molecule has 0 atom stereocenters. The summed E-state index contributed by atoms with van der Waals surface area (Å²) >= 11 is 6.03. The normalized spacial score (nSPS) is 10.2. The number of hydrogen-bond acceptors (Lipinski definition) is 3. The molecule has 0 spiro atoms. The van der Waals surface area contributed by atoms with Crippen LogP contribution in [0.1, 0.15) is 15.9 Å². The summed E-state index contributed by atoms with van der Waals surface area (Å²) in [4.78, 5) is 11.1. The minimum absolute atomic E-state index is 0.205. The van der Waals surface area contributed by atoms with Crippen molar-refractivity contribution < 1.29 is 9.90 Å². The molecule has 0 aliphatic heterocycles. The first kappa shape index (κ1) is 13.2. The Morgan fingerprint density at radius 3 is 2.74 bits per heavy atom. The fourth-order valence-corrected chi connectivity index (χ4v) is 1.86. The van der Waals surface area contributed by atoms with E-state index in [1.807, 2.05) is 6.07 Å². The number of phenols is 1. The second-order valence-corrected chi connectivity index (χ2v) is 4.49. The van der Waals surface area contributed by atoms with Crippen LogP contribution in [-0.4, -0.2) is 11.0 Å². The second-order valence-electron chi connectivity index (χ2n) is 4.08. The molecule has 0 heterocycles. The van der Waals surface area contributed by atoms with E-state index in [1.54, 1.807) is 36.4 Å². The predicted molar refractivity (Wildman–Crippen MR) is 75.4 cm³/mol. The van der Waals surface area contributed by atoms with Crippen molar-refractivity contribution in [1.82, 2.24) is 0 Å². The van der Waals surface area contributed by atoms with Crippen LogP contribution in [0.4, 0.5) is 5.69 Å². The molecule has 2 aromatic rings. The van der Waals surface area contributed by atoms with Crippen molar-refractivity contribution in [3.8, 4) is 5.75 Å². The molecular weight excluding hydrogens is 264 g/mol. The summed E-state index contributed by atoms with van der Waals surface area (Å²) in [6.07, 6.45) is 0. The number of amides is 1. The van der Waals surface area contributed by atoms with Gasteiger partial charge in [-0.3, -0.25) is 4.79 Å². The van der Waals surface area contributed by atoms with Gasteiger partial charge >= 0.3 is 0 Å². The van der Waals surface area contributed by atoms with Gasteiger partial charge in [0.2, 0.25) is 5.91 Å². The molecule has 0 aromatic heterocycles. The molecule has 0 bridgehead atoms. The lowest BCUT2D eigenvalue weighted by Crippen LogP contribution is -2.11. The molecule has 0 aliphatic rings. The molecule has 0 fully saturated rings. The first-order chi connectivity index (χ1) is 9.06. The molecule has 1 amide bonds. The van der Waals surface area contributed by atoms with Crippen molar-refractivity contribution in [2.24, 2.45) is 5.73 Å². The smallest absolute Gasteiger partial charge is 0.248 e. The van der Waals surface area contributed by atoms with Crippen LogP contribution in [0.3, 0.4) is 0 Å². The Balaban J connectivity index is 2.15. The number of nitrogens with one attached hydrogen (secondary N) is 1. The summed E-state index contributed by atoms with van der Waals surface area (Å²) in [5.41, 5.74) is 7.14. The van der Waals surface area contributed by atoms with Crippen LogP contribution in [0.25, 0.3) is 0 Å². The summed E-state index contributed by atoms with van der Waals surface area (Å²) in [7, 11) is 0. The van der Waals surface area contributed by atoms with Crippen molar-refractivity contribution in [3.05, 3.63) is 58.6 Å². The number of primary amides is 1. The molecule has 0 aliphatic carbocycles. The lowest BCUT2D eigenvalue weighted by Gasteiger charge is -2.10. The van der Waals surface area contributed by atoms with E-state index in [1.165, 1.54) is 0 Å². The Morgan fingerprint density at radius 1 is 1.26 bits per heavy atom. The van der Waals surface area contributed by atoms with Gasteiger partial charge in [-0.1, -0.05) is 23.7 Å². The standard InChI is InChI=1S/C14H13ClN2O2/c15-12-5-4-10(14(16)19)7-13(12)17-8-9-2-1-3-11(18)6-9/h1-7,17-18H,8H2,(H2,16,19). The lowest BCUT2D eigenvalue weighted by atomic mass is 10.1. The van der Waals surface area contributed by atoms with Crippen LogP contribution in [0.2, 0.25) is 5.02 Å². The highest BCUT2D eigenvalue weighted by molar-refractivity contribution is 6.33. The van der Waals surface area contributed by atoms with Gasteiger partial charge in [-0.15, -0.1) is 0 Å². The number of carbonyl (C=O) groups excluding carboxylic acids is 1. The summed E-state index contributed by atoms with van der Waals surface area (Å²) in [5, 5.41) is 13.0. The fraction of sp³-hybridized carbons (Fsp3) is 0.0714. The maximum absolute atomic E-state index is 11.1. The number of aromatic hydroxyl groups is 1. The van der Waals surface area contributed by atoms with Crippen molar-refractivity contribution in [2.75, 3.05) is 5.32 Å². The second kappa shape index (κ2) is 5.63. The third-order valence-electron chi connectivity index (χ3n) is 2.64. The van der Waals surface area contributed by atoms with Crippen LogP contribution in [-0.2, 0) is 6.54 Å². The van der Waals surface area contributed by atoms with Gasteiger partial charge in [0.1, 0.15) is 5.75 Å². The number of carbonyl (C=O) groups is 1. The quantitative estimate of drug-likeness (QED) is 0.804. The summed E-state index contributed by atoms with van der Waals surface area (Å²) < 4.78 is 0. The monoisotopic (exact) mass is 276 g/mol. The maximum Gasteiger partial charge on any atom is 0.248 e. The molecule has 4 N–H and O–H groups in total. The highest BCUT2D eigenvalue weighted by Crippen LogP contribution is 2.24. The third-order valence-corrected chi connectivity index (χ3v) is 2.97. The summed E-state index contributed by atoms with van der Waals surface area (Å²) in [5.74, 6) is -0.298. The van der Waals surface area contributed by atoms with E-state index in [0.29, 0.717) is 22.8 Å². The number of rotatable bonds is 4. The highest BCUT2D eigenvalue weighted by atomic mass is 35.5. The zero-order valence-electron chi connectivity index (χ0n) is 10.1. The van der Waals surface area contributed by atoms with Crippen LogP contribution in [0.15, 0.2) is 42.5 Å². The van der Waals surface area contributed by atoms with Gasteiger partial charge in [0.15, 0.2) is 0 Å². The Morgan fingerprint density at radius 2 is 2.05 bits per heavy atom. The molecule has 5 heteroatoms. The number of phenolic OH excluding ortho intramolecular Hbond substituents is 1. The Labute approximate surface area is 115 Å². The van der Waals surface area contributed by atoms with Crippen LogP contribution < -0.4 is 11.1 Å². The van der Waals surface area contributed by atoms with Crippen molar-refractivity contribution in [1.29, 1.82) is 0 Å². The van der Waals surface area contributed by atoms with Gasteiger partial charge in [0.25, 0.3) is 0 Å². The molecule has 0 saturated carbocycles. The average molecular weight is 277 g/mol. The molecule has 0 unspecified atom stereocenters. The van der Waals surface area contributed by atoms with Crippen LogP contribution in [0, 0.1) is 0 Å². The Kier molecular flexibility index (Phi) is 3.92. The third kappa shape index (κ3) is 3.39. The van der Waals surface area contributed by atoms with Crippen molar-refractivity contribution in [2.45, 2.75) is 6.54 Å². The van der Waals surface area contributed by atoms with E-state index >= 15 is 0 Å². The summed E-state index contributed by atoms with van der Waals surface area (Å²) in [6.45, 7) is 0.482. The van der Waals surface area contributed by atoms with E-state index in [2.05, 4.69) is 5.32 Å². The van der Waals surface area contributed by atoms with Gasteiger partial charge in [0, 0.05) is 12.1 Å². The minimum atomic E-state index is -0.503. The minimum Gasteiger partial charge on any atom is -0.508 e. The largest absolute Gasteiger partial charge is 0.508 e. The van der Waals surface area contributed by atoms with E-state index < -0.39 is 5.91 Å². The van der Waals surface area contributed by atoms with Gasteiger partial charge < -0.3 is 16.2 Å². The van der Waals surface area contributed by atoms with E-state index in [0.717, 1.165) is 5.56 Å². The molecule has 19 heavy (non-hydrogen) atoms. The lowest BCUT2D eigenvalue weighted by molar-refractivity contribution is 0.100. The number of benzene rings is 2. The zero-order chi connectivity index (χ0) is 13.8. The average Bonchev–Trinajstić information content (AvgIpc) is 2.37. The topological polar surface area (TPSA) is 75.4 Å². The molecular formula is C14H13ClN2O2. The first-order valence-electron chi connectivity index (χ1n) is 5.67. The first-order valence-corrected chi connectivity index (χ1v) is 6.05. The SMILES string of the molecule is NC(=O)c1ccc(Cl)c(NCc2cccc(O)c2)c1. The van der Waals surface area contributed by atoms with Crippen LogP contribution >= 0.6 is 11.6 Å². The van der Waals surface area contributed by atoms with E-state index in [-0.39, 0.29) is 5.75 Å². The Bertz CT molecular complexity index is 614. The fourth-order valence-electron chi connectivity index (χ4n) is 1.68. The zero-order valence-corrected chi connectivity index (χ0v) is 10.8. The molecule has 0 saturated heterocycles. The number of anilines is 1. The number of hydrogen-bond donors (Lipinski definition) is 3. The molecule has 4 nitrogen and oxygen atoms in total. The maximum atomic E-state index is 11.1. The van der Waals surface area contributed by atoms with E-state index in [4.69, 9.17) is 17.3 Å². The van der Waals surface area contributed by atoms with E-state index in [9.17, 15) is 9.90 Å². The van der Waals surface area contributed by atoms with Crippen molar-refractivity contribution >= 4 is 23.2 Å². The van der Waals surface area contributed by atoms with Gasteiger partial charge in [0.05, 0.1) is 10.7 Å². The Hall–Kier alpha value is -2.20. The number of nitrogens with two attached hydrogens (primary N) is 1. The van der Waals surface area contributed by atoms with Gasteiger partial charge in [-0.25, -0.2) is 0 Å². The van der Waals surface area contributed by atoms with Crippen molar-refractivity contribution in [3.63, 3.8) is 0 Å². The van der Waals surface area contributed by atoms with Crippen LogP contribution in [0.5, 0.6) is 5.75 Å². The van der Waals surface area contributed by atoms with Gasteiger partial charge in [-0.2, -0.15) is 0 Å². The predicted octanol–water partition coefficient (Wildman–Crippen LogP) is 2.76.